The standard InChI is InChI=1S/C16H13N3O/c1-11-3-2-4-13(9-11)14-15(18-10-19-16(14)20)12-5-7-17-8-6-12/h2-10H,1H3,(H,18,19,20). The monoisotopic (exact) mass is 263 g/mol. The van der Waals surface area contributed by atoms with Gasteiger partial charge in [0.2, 0.25) is 0 Å². The quantitative estimate of drug-likeness (QED) is 0.773. The van der Waals surface area contributed by atoms with E-state index in [1.165, 1.54) is 6.33 Å². The lowest BCUT2D eigenvalue weighted by atomic mass is 10.00. The summed E-state index contributed by atoms with van der Waals surface area (Å²) in [5.41, 5.74) is 3.96. The number of rotatable bonds is 2. The molecule has 4 heteroatoms. The maximum absolute atomic E-state index is 12.2. The third kappa shape index (κ3) is 2.23. The number of aromatic amines is 1. The van der Waals surface area contributed by atoms with Crippen LogP contribution in [-0.4, -0.2) is 15.0 Å². The Kier molecular flexibility index (Phi) is 3.13. The second-order valence-electron chi connectivity index (χ2n) is 4.56. The molecular formula is C16H13N3O. The zero-order chi connectivity index (χ0) is 13.9. The lowest BCUT2D eigenvalue weighted by Crippen LogP contribution is -2.11. The lowest BCUT2D eigenvalue weighted by molar-refractivity contribution is 1.12. The fourth-order valence-electron chi connectivity index (χ4n) is 2.20. The van der Waals surface area contributed by atoms with Crippen LogP contribution in [0.5, 0.6) is 0 Å². The van der Waals surface area contributed by atoms with Gasteiger partial charge in [-0.3, -0.25) is 9.78 Å². The normalized spacial score (nSPS) is 10.4. The Morgan fingerprint density at radius 1 is 1.05 bits per heavy atom. The number of nitrogens with zero attached hydrogens (tertiary/aromatic N) is 2. The molecular weight excluding hydrogens is 250 g/mol. The van der Waals surface area contributed by atoms with Crippen LogP contribution in [0.3, 0.4) is 0 Å². The number of benzene rings is 1. The van der Waals surface area contributed by atoms with Crippen LogP contribution < -0.4 is 5.56 Å². The van der Waals surface area contributed by atoms with Gasteiger partial charge in [-0.2, -0.15) is 0 Å². The highest BCUT2D eigenvalue weighted by molar-refractivity contribution is 5.79. The Balaban J connectivity index is 2.28. The second kappa shape index (κ2) is 5.09. The molecule has 0 aliphatic carbocycles. The summed E-state index contributed by atoms with van der Waals surface area (Å²) in [6, 6.07) is 11.5. The van der Waals surface area contributed by atoms with Gasteiger partial charge in [-0.05, 0) is 24.6 Å². The fraction of sp³-hybridized carbons (Fsp3) is 0.0625. The average Bonchev–Trinajstić information content (AvgIpc) is 2.48. The van der Waals surface area contributed by atoms with Crippen molar-refractivity contribution in [2.45, 2.75) is 6.92 Å². The molecule has 0 aliphatic heterocycles. The molecule has 2 aromatic heterocycles. The van der Waals surface area contributed by atoms with E-state index in [1.54, 1.807) is 12.4 Å². The van der Waals surface area contributed by atoms with E-state index >= 15 is 0 Å². The minimum Gasteiger partial charge on any atom is -0.313 e. The van der Waals surface area contributed by atoms with Crippen LogP contribution >= 0.6 is 0 Å². The topological polar surface area (TPSA) is 58.6 Å². The van der Waals surface area contributed by atoms with Crippen molar-refractivity contribution in [3.05, 3.63) is 71.0 Å². The van der Waals surface area contributed by atoms with E-state index in [4.69, 9.17) is 0 Å². The number of H-pyrrole nitrogens is 1. The highest BCUT2D eigenvalue weighted by atomic mass is 16.1. The first-order chi connectivity index (χ1) is 9.75. The van der Waals surface area contributed by atoms with Gasteiger partial charge in [-0.25, -0.2) is 4.98 Å². The van der Waals surface area contributed by atoms with E-state index in [1.807, 2.05) is 43.3 Å². The van der Waals surface area contributed by atoms with Gasteiger partial charge < -0.3 is 4.98 Å². The molecule has 0 bridgehead atoms. The van der Waals surface area contributed by atoms with Gasteiger partial charge in [0.15, 0.2) is 0 Å². The van der Waals surface area contributed by atoms with Gasteiger partial charge >= 0.3 is 0 Å². The summed E-state index contributed by atoms with van der Waals surface area (Å²) in [7, 11) is 0. The third-order valence-corrected chi connectivity index (χ3v) is 3.11. The van der Waals surface area contributed by atoms with Crippen molar-refractivity contribution in [2.75, 3.05) is 0 Å². The zero-order valence-electron chi connectivity index (χ0n) is 11.0. The molecule has 0 fully saturated rings. The Morgan fingerprint density at radius 3 is 2.60 bits per heavy atom. The van der Waals surface area contributed by atoms with E-state index in [0.717, 1.165) is 16.7 Å². The molecule has 1 aromatic carbocycles. The summed E-state index contributed by atoms with van der Waals surface area (Å²) >= 11 is 0. The van der Waals surface area contributed by atoms with Crippen LogP contribution in [-0.2, 0) is 0 Å². The minimum absolute atomic E-state index is 0.141. The first kappa shape index (κ1) is 12.3. The van der Waals surface area contributed by atoms with E-state index in [9.17, 15) is 4.79 Å². The zero-order valence-corrected chi connectivity index (χ0v) is 11.0. The van der Waals surface area contributed by atoms with Crippen molar-refractivity contribution < 1.29 is 0 Å². The fourth-order valence-corrected chi connectivity index (χ4v) is 2.20. The van der Waals surface area contributed by atoms with Crippen molar-refractivity contribution in [3.63, 3.8) is 0 Å². The molecule has 1 N–H and O–H groups in total. The smallest absolute Gasteiger partial charge is 0.259 e. The summed E-state index contributed by atoms with van der Waals surface area (Å²) in [5, 5.41) is 0. The Morgan fingerprint density at radius 2 is 1.85 bits per heavy atom. The molecule has 2 heterocycles. The molecule has 0 unspecified atom stereocenters. The molecule has 3 rings (SSSR count). The maximum Gasteiger partial charge on any atom is 0.259 e. The number of pyridine rings is 1. The van der Waals surface area contributed by atoms with E-state index in [-0.39, 0.29) is 5.56 Å². The van der Waals surface area contributed by atoms with E-state index < -0.39 is 0 Å². The highest BCUT2D eigenvalue weighted by Gasteiger charge is 2.12. The first-order valence-electron chi connectivity index (χ1n) is 6.31. The first-order valence-corrected chi connectivity index (χ1v) is 6.31. The molecule has 0 radical (unpaired) electrons. The van der Waals surface area contributed by atoms with Gasteiger partial charge in [0, 0.05) is 18.0 Å². The van der Waals surface area contributed by atoms with Gasteiger partial charge in [-0.1, -0.05) is 29.8 Å². The summed E-state index contributed by atoms with van der Waals surface area (Å²) in [5.74, 6) is 0. The minimum atomic E-state index is -0.141. The second-order valence-corrected chi connectivity index (χ2v) is 4.56. The number of aromatic nitrogens is 3. The number of hydrogen-bond donors (Lipinski definition) is 1. The van der Waals surface area contributed by atoms with Crippen molar-refractivity contribution in [3.8, 4) is 22.4 Å². The van der Waals surface area contributed by atoms with Gasteiger partial charge in [0.25, 0.3) is 5.56 Å². The lowest BCUT2D eigenvalue weighted by Gasteiger charge is -2.08. The van der Waals surface area contributed by atoms with Crippen LogP contribution in [0.25, 0.3) is 22.4 Å². The molecule has 0 saturated carbocycles. The van der Waals surface area contributed by atoms with Crippen molar-refractivity contribution in [1.29, 1.82) is 0 Å². The maximum atomic E-state index is 12.2. The van der Waals surface area contributed by atoms with Crippen LogP contribution in [0.2, 0.25) is 0 Å². The summed E-state index contributed by atoms with van der Waals surface area (Å²) < 4.78 is 0. The Bertz CT molecular complexity index is 794. The predicted octanol–water partition coefficient (Wildman–Crippen LogP) is 2.81. The molecule has 4 nitrogen and oxygen atoms in total. The van der Waals surface area contributed by atoms with E-state index in [0.29, 0.717) is 11.3 Å². The Labute approximate surface area is 116 Å². The number of nitrogens with one attached hydrogen (secondary N) is 1. The average molecular weight is 263 g/mol. The third-order valence-electron chi connectivity index (χ3n) is 3.11. The number of hydrogen-bond acceptors (Lipinski definition) is 3. The van der Waals surface area contributed by atoms with Crippen molar-refractivity contribution in [2.24, 2.45) is 0 Å². The molecule has 0 saturated heterocycles. The van der Waals surface area contributed by atoms with Crippen LogP contribution in [0.1, 0.15) is 5.56 Å². The molecule has 0 spiro atoms. The van der Waals surface area contributed by atoms with Gasteiger partial charge in [0.1, 0.15) is 0 Å². The van der Waals surface area contributed by atoms with Crippen LogP contribution in [0.4, 0.5) is 0 Å². The molecule has 0 amide bonds. The molecule has 98 valence electrons. The largest absolute Gasteiger partial charge is 0.313 e. The molecule has 20 heavy (non-hydrogen) atoms. The highest BCUT2D eigenvalue weighted by Crippen LogP contribution is 2.26. The van der Waals surface area contributed by atoms with Crippen molar-refractivity contribution >= 4 is 0 Å². The van der Waals surface area contributed by atoms with E-state index in [2.05, 4.69) is 15.0 Å². The van der Waals surface area contributed by atoms with Crippen LogP contribution in [0, 0.1) is 6.92 Å². The summed E-state index contributed by atoms with van der Waals surface area (Å²) in [4.78, 5) is 23.2. The SMILES string of the molecule is Cc1cccc(-c2c(-c3ccncc3)nc[nH]c2=O)c1. The van der Waals surface area contributed by atoms with Gasteiger partial charge in [-0.15, -0.1) is 0 Å². The molecule has 3 aromatic rings. The number of aryl methyl sites for hydroxylation is 1. The molecule has 0 atom stereocenters. The predicted molar refractivity (Wildman–Crippen MR) is 78.3 cm³/mol. The van der Waals surface area contributed by atoms with Crippen LogP contribution in [0.15, 0.2) is 59.9 Å². The Hall–Kier alpha value is -2.75. The van der Waals surface area contributed by atoms with Gasteiger partial charge in [0.05, 0.1) is 17.6 Å². The summed E-state index contributed by atoms with van der Waals surface area (Å²) in [6.45, 7) is 2.00. The molecule has 0 aliphatic rings. The summed E-state index contributed by atoms with van der Waals surface area (Å²) in [6.07, 6.45) is 4.81. The van der Waals surface area contributed by atoms with Crippen molar-refractivity contribution in [1.82, 2.24) is 15.0 Å².